The van der Waals surface area contributed by atoms with Crippen molar-refractivity contribution in [2.45, 2.75) is 118 Å². The van der Waals surface area contributed by atoms with E-state index in [1.165, 1.54) is 76.2 Å². The number of aromatic hydroxyl groups is 1. The van der Waals surface area contributed by atoms with Crippen LogP contribution in [-0.4, -0.2) is 5.11 Å². The summed E-state index contributed by atoms with van der Waals surface area (Å²) < 4.78 is 0. The van der Waals surface area contributed by atoms with Crippen molar-refractivity contribution in [1.29, 1.82) is 0 Å². The monoisotopic (exact) mass is 490 g/mol. The second-order valence-corrected chi connectivity index (χ2v) is 14.7. The van der Waals surface area contributed by atoms with Crippen LogP contribution in [0.25, 0.3) is 0 Å². The number of benzene rings is 1. The summed E-state index contributed by atoms with van der Waals surface area (Å²) in [6.45, 7) is 15.2. The summed E-state index contributed by atoms with van der Waals surface area (Å²) in [7, 11) is 0. The topological polar surface area (TPSA) is 20.2 Å². The summed E-state index contributed by atoms with van der Waals surface area (Å²) in [6, 6.07) is 8.01. The van der Waals surface area contributed by atoms with Crippen LogP contribution in [0.3, 0.4) is 0 Å². The second kappa shape index (κ2) is 10.1. The minimum atomic E-state index is 0.381. The molecule has 0 radical (unpaired) electrons. The number of fused-ring (bicyclic) bond motifs is 5. The first-order valence-corrected chi connectivity index (χ1v) is 15.6. The van der Waals surface area contributed by atoms with Crippen LogP contribution in [0, 0.1) is 52.3 Å². The Morgan fingerprint density at radius 3 is 2.36 bits per heavy atom. The van der Waals surface area contributed by atoms with Gasteiger partial charge in [-0.15, -0.1) is 0 Å². The summed E-state index contributed by atoms with van der Waals surface area (Å²) in [5, 5.41) is 9.73. The standard InChI is InChI=1S/C35H54O/c1-23(2)8-7-9-24(3)31-16-17-32-30-15-12-28-22-27(25(4)26-10-13-29(36)14-11-26)18-20-34(28,5)33(30)19-21-35(31,32)6/h10-14,23-25,27,30-33,36H,7-9,15-22H2,1-6H3/t24-,25?,27+,30+,31-,32+,33+,34+,35-/m1/s1. The predicted octanol–water partition coefficient (Wildman–Crippen LogP) is 10.2. The molecule has 1 heteroatoms. The Morgan fingerprint density at radius 1 is 0.889 bits per heavy atom. The van der Waals surface area contributed by atoms with E-state index in [9.17, 15) is 5.11 Å². The molecule has 0 heterocycles. The fourth-order valence-electron chi connectivity index (χ4n) is 10.2. The minimum absolute atomic E-state index is 0.381. The molecular formula is C35H54O. The lowest BCUT2D eigenvalue weighted by Crippen LogP contribution is -2.50. The van der Waals surface area contributed by atoms with E-state index in [4.69, 9.17) is 0 Å². The third kappa shape index (κ3) is 4.60. The molecule has 200 valence electrons. The van der Waals surface area contributed by atoms with Crippen LogP contribution in [0.4, 0.5) is 0 Å². The SMILES string of the molecule is CC(C)CCC[C@@H](C)[C@H]1CC[C@H]2[C@@H]3CC=C4C[C@@H](C(C)c5ccc(O)cc5)CC[C@]4(C)[C@H]3CC[C@]12C. The molecule has 9 atom stereocenters. The van der Waals surface area contributed by atoms with Gasteiger partial charge >= 0.3 is 0 Å². The summed E-state index contributed by atoms with van der Waals surface area (Å²) in [4.78, 5) is 0. The van der Waals surface area contributed by atoms with Crippen LogP contribution in [0.1, 0.15) is 124 Å². The lowest BCUT2D eigenvalue weighted by Gasteiger charge is -2.59. The first-order valence-electron chi connectivity index (χ1n) is 15.6. The molecule has 3 saturated carbocycles. The summed E-state index contributed by atoms with van der Waals surface area (Å²) in [5.74, 6) is 7.18. The van der Waals surface area contributed by atoms with E-state index < -0.39 is 0 Å². The Hall–Kier alpha value is -1.24. The number of allylic oxidation sites excluding steroid dienone is 2. The molecule has 36 heavy (non-hydrogen) atoms. The molecule has 1 aromatic rings. The first-order chi connectivity index (χ1) is 17.1. The van der Waals surface area contributed by atoms with Crippen molar-refractivity contribution in [3.8, 4) is 5.75 Å². The molecule has 0 amide bonds. The maximum absolute atomic E-state index is 9.73. The molecule has 1 nitrogen and oxygen atoms in total. The number of phenols is 1. The summed E-state index contributed by atoms with van der Waals surface area (Å²) in [5.41, 5.74) is 4.23. The minimum Gasteiger partial charge on any atom is -0.508 e. The normalized spacial score (nSPS) is 39.6. The second-order valence-electron chi connectivity index (χ2n) is 14.7. The van der Waals surface area contributed by atoms with Gasteiger partial charge in [-0.1, -0.05) is 84.6 Å². The maximum Gasteiger partial charge on any atom is 0.115 e. The molecule has 1 N–H and O–H groups in total. The number of phenolic OH excluding ortho intramolecular Hbond substituents is 1. The molecule has 5 rings (SSSR count). The van der Waals surface area contributed by atoms with Crippen LogP contribution >= 0.6 is 0 Å². The average Bonchev–Trinajstić information content (AvgIpc) is 3.20. The Bertz CT molecular complexity index is 926. The van der Waals surface area contributed by atoms with E-state index in [1.807, 2.05) is 17.7 Å². The van der Waals surface area contributed by atoms with Gasteiger partial charge < -0.3 is 5.11 Å². The molecule has 0 aliphatic heterocycles. The molecule has 0 aromatic heterocycles. The van der Waals surface area contributed by atoms with E-state index >= 15 is 0 Å². The fourth-order valence-corrected chi connectivity index (χ4v) is 10.2. The van der Waals surface area contributed by atoms with Crippen molar-refractivity contribution in [3.05, 3.63) is 41.5 Å². The van der Waals surface area contributed by atoms with Gasteiger partial charge in [0.05, 0.1) is 0 Å². The largest absolute Gasteiger partial charge is 0.508 e. The van der Waals surface area contributed by atoms with Gasteiger partial charge in [0, 0.05) is 0 Å². The van der Waals surface area contributed by atoms with Gasteiger partial charge in [0.2, 0.25) is 0 Å². The maximum atomic E-state index is 9.73. The highest BCUT2D eigenvalue weighted by Crippen LogP contribution is 2.68. The third-order valence-corrected chi connectivity index (χ3v) is 12.5. The van der Waals surface area contributed by atoms with Gasteiger partial charge in [0.15, 0.2) is 0 Å². The fraction of sp³-hybridized carbons (Fsp3) is 0.771. The zero-order chi connectivity index (χ0) is 25.7. The smallest absolute Gasteiger partial charge is 0.115 e. The first kappa shape index (κ1) is 26.4. The zero-order valence-corrected chi connectivity index (χ0v) is 24.2. The van der Waals surface area contributed by atoms with Crippen molar-refractivity contribution >= 4 is 0 Å². The van der Waals surface area contributed by atoms with Gasteiger partial charge in [0.1, 0.15) is 5.75 Å². The van der Waals surface area contributed by atoms with E-state index in [1.54, 1.807) is 0 Å². The highest BCUT2D eigenvalue weighted by atomic mass is 16.3. The van der Waals surface area contributed by atoms with Gasteiger partial charge in [-0.25, -0.2) is 0 Å². The lowest BCUT2D eigenvalue weighted by atomic mass is 9.46. The molecular weight excluding hydrogens is 436 g/mol. The van der Waals surface area contributed by atoms with Crippen molar-refractivity contribution in [1.82, 2.24) is 0 Å². The number of rotatable bonds is 7. The molecule has 1 unspecified atom stereocenters. The van der Waals surface area contributed by atoms with Crippen molar-refractivity contribution in [2.75, 3.05) is 0 Å². The predicted molar refractivity (Wildman–Crippen MR) is 153 cm³/mol. The van der Waals surface area contributed by atoms with Crippen molar-refractivity contribution < 1.29 is 5.11 Å². The molecule has 0 spiro atoms. The van der Waals surface area contributed by atoms with Crippen LogP contribution in [0.15, 0.2) is 35.9 Å². The molecule has 0 saturated heterocycles. The summed E-state index contributed by atoms with van der Waals surface area (Å²) in [6.07, 6.45) is 18.3. The molecule has 4 aliphatic rings. The van der Waals surface area contributed by atoms with E-state index in [0.717, 1.165) is 41.4 Å². The molecule has 4 aliphatic carbocycles. The third-order valence-electron chi connectivity index (χ3n) is 12.5. The highest BCUT2D eigenvalue weighted by molar-refractivity contribution is 5.31. The van der Waals surface area contributed by atoms with Gasteiger partial charge in [0.25, 0.3) is 0 Å². The van der Waals surface area contributed by atoms with Crippen molar-refractivity contribution in [2.24, 2.45) is 52.3 Å². The van der Waals surface area contributed by atoms with Gasteiger partial charge in [-0.05, 0) is 127 Å². The lowest BCUT2D eigenvalue weighted by molar-refractivity contribution is -0.0532. The molecule has 3 fully saturated rings. The summed E-state index contributed by atoms with van der Waals surface area (Å²) >= 11 is 0. The van der Waals surface area contributed by atoms with E-state index in [2.05, 4.69) is 59.8 Å². The average molecular weight is 491 g/mol. The van der Waals surface area contributed by atoms with Gasteiger partial charge in [-0.3, -0.25) is 0 Å². The van der Waals surface area contributed by atoms with Crippen LogP contribution in [0.2, 0.25) is 0 Å². The van der Waals surface area contributed by atoms with Crippen LogP contribution < -0.4 is 0 Å². The van der Waals surface area contributed by atoms with E-state index in [0.29, 0.717) is 22.5 Å². The number of hydrogen-bond acceptors (Lipinski definition) is 1. The van der Waals surface area contributed by atoms with Crippen LogP contribution in [-0.2, 0) is 0 Å². The zero-order valence-electron chi connectivity index (χ0n) is 24.2. The highest BCUT2D eigenvalue weighted by Gasteiger charge is 2.59. The Kier molecular flexibility index (Phi) is 7.43. The van der Waals surface area contributed by atoms with Gasteiger partial charge in [-0.2, -0.15) is 0 Å². The quantitative estimate of drug-likeness (QED) is 0.377. The molecule has 1 aromatic carbocycles. The van der Waals surface area contributed by atoms with Crippen molar-refractivity contribution in [3.63, 3.8) is 0 Å². The van der Waals surface area contributed by atoms with E-state index in [-0.39, 0.29) is 0 Å². The Labute approximate surface area is 222 Å². The Balaban J connectivity index is 1.28. The van der Waals surface area contributed by atoms with Crippen LogP contribution in [0.5, 0.6) is 5.75 Å². The molecule has 0 bridgehead atoms. The number of hydrogen-bond donors (Lipinski definition) is 1. The Morgan fingerprint density at radius 2 is 1.64 bits per heavy atom.